The molecule has 1 atom stereocenters. The molecule has 1 saturated carbocycles. The number of esters is 1. The van der Waals surface area contributed by atoms with Gasteiger partial charge in [-0.05, 0) is 43.9 Å². The third-order valence-electron chi connectivity index (χ3n) is 4.08. The van der Waals surface area contributed by atoms with Crippen LogP contribution in [0.4, 0.5) is 5.95 Å². The molecule has 8 heteroatoms. The van der Waals surface area contributed by atoms with E-state index < -0.39 is 12.0 Å². The van der Waals surface area contributed by atoms with Crippen molar-refractivity contribution >= 4 is 17.6 Å². The summed E-state index contributed by atoms with van der Waals surface area (Å²) in [6.45, 7) is 0. The van der Waals surface area contributed by atoms with Crippen LogP contribution in [-0.4, -0.2) is 32.5 Å². The summed E-state index contributed by atoms with van der Waals surface area (Å²) in [6, 6.07) is 4.15. The number of ether oxygens (including phenoxy) is 1. The fourth-order valence-corrected chi connectivity index (χ4v) is 2.84. The fraction of sp³-hybridized carbons (Fsp3) is 0.412. The third-order valence-corrected chi connectivity index (χ3v) is 4.08. The molecule has 2 aromatic rings. The van der Waals surface area contributed by atoms with E-state index in [1.165, 1.54) is 6.26 Å². The van der Waals surface area contributed by atoms with E-state index in [2.05, 4.69) is 20.1 Å². The smallest absolute Gasteiger partial charge is 0.420 e. The maximum absolute atomic E-state index is 12.5. The Morgan fingerprint density at radius 3 is 2.68 bits per heavy atom. The number of anilines is 1. The van der Waals surface area contributed by atoms with Crippen LogP contribution in [0.25, 0.3) is 5.53 Å². The molecule has 8 nitrogen and oxygen atoms in total. The van der Waals surface area contributed by atoms with E-state index in [4.69, 9.17) is 9.15 Å². The molecule has 0 spiro atoms. The first kappa shape index (κ1) is 16.9. The van der Waals surface area contributed by atoms with E-state index in [-0.39, 0.29) is 17.8 Å². The SMILES string of the molecule is [N-]=[N+]=C(C(=O)OC1CCCCC1)C(Nc1ncccn1)c1ccco1. The van der Waals surface area contributed by atoms with Crippen molar-refractivity contribution in [2.75, 3.05) is 5.32 Å². The first-order chi connectivity index (χ1) is 12.3. The van der Waals surface area contributed by atoms with Crippen molar-refractivity contribution in [3.8, 4) is 0 Å². The number of furan rings is 1. The van der Waals surface area contributed by atoms with Gasteiger partial charge in [-0.25, -0.2) is 14.8 Å². The number of rotatable bonds is 6. The maximum atomic E-state index is 12.5. The van der Waals surface area contributed by atoms with E-state index >= 15 is 0 Å². The summed E-state index contributed by atoms with van der Waals surface area (Å²) >= 11 is 0. The van der Waals surface area contributed by atoms with Gasteiger partial charge in [-0.1, -0.05) is 6.42 Å². The minimum absolute atomic E-state index is 0.150. The highest BCUT2D eigenvalue weighted by atomic mass is 16.5. The zero-order valence-corrected chi connectivity index (χ0v) is 13.7. The monoisotopic (exact) mass is 341 g/mol. The van der Waals surface area contributed by atoms with Gasteiger partial charge in [0.1, 0.15) is 11.9 Å². The second-order valence-electron chi connectivity index (χ2n) is 5.82. The van der Waals surface area contributed by atoms with Crippen LogP contribution in [0.1, 0.15) is 43.9 Å². The second kappa shape index (κ2) is 8.21. The summed E-state index contributed by atoms with van der Waals surface area (Å²) in [5.41, 5.74) is 9.24. The average molecular weight is 341 g/mol. The Hall–Kier alpha value is -2.99. The number of hydrogen-bond donors (Lipinski definition) is 1. The molecule has 0 radical (unpaired) electrons. The lowest BCUT2D eigenvalue weighted by molar-refractivity contribution is -0.147. The Labute approximate surface area is 144 Å². The van der Waals surface area contributed by atoms with Crippen molar-refractivity contribution in [3.05, 3.63) is 48.1 Å². The largest absolute Gasteiger partial charge is 0.466 e. The molecule has 0 saturated heterocycles. The average Bonchev–Trinajstić information content (AvgIpc) is 3.18. The molecule has 130 valence electrons. The number of hydrogen-bond acceptors (Lipinski definition) is 6. The zero-order chi connectivity index (χ0) is 17.5. The summed E-state index contributed by atoms with van der Waals surface area (Å²) in [6.07, 6.45) is 9.30. The second-order valence-corrected chi connectivity index (χ2v) is 5.82. The Balaban J connectivity index is 1.80. The minimum atomic E-state index is -0.863. The van der Waals surface area contributed by atoms with E-state index in [0.29, 0.717) is 5.76 Å². The van der Waals surface area contributed by atoms with Crippen molar-refractivity contribution in [2.24, 2.45) is 0 Å². The first-order valence-electron chi connectivity index (χ1n) is 8.28. The van der Waals surface area contributed by atoms with Gasteiger partial charge in [-0.2, -0.15) is 4.79 Å². The quantitative estimate of drug-likeness (QED) is 0.374. The van der Waals surface area contributed by atoms with Crippen LogP contribution < -0.4 is 5.32 Å². The summed E-state index contributed by atoms with van der Waals surface area (Å²) in [5.74, 6) is -0.0180. The Morgan fingerprint density at radius 2 is 2.04 bits per heavy atom. The van der Waals surface area contributed by atoms with Crippen molar-refractivity contribution < 1.29 is 18.7 Å². The summed E-state index contributed by atoms with van der Waals surface area (Å²) < 4.78 is 10.9. The Kier molecular flexibility index (Phi) is 5.53. The lowest BCUT2D eigenvalue weighted by Crippen LogP contribution is -2.34. The van der Waals surface area contributed by atoms with Gasteiger partial charge in [-0.3, -0.25) is 0 Å². The molecule has 1 aliphatic rings. The molecule has 1 N–H and O–H groups in total. The molecule has 2 aromatic heterocycles. The topological polar surface area (TPSA) is 114 Å². The zero-order valence-electron chi connectivity index (χ0n) is 13.7. The van der Waals surface area contributed by atoms with E-state index in [1.807, 2.05) is 0 Å². The summed E-state index contributed by atoms with van der Waals surface area (Å²) in [5, 5.41) is 2.94. The molecule has 1 aliphatic carbocycles. The van der Waals surface area contributed by atoms with Crippen LogP contribution >= 0.6 is 0 Å². The lowest BCUT2D eigenvalue weighted by atomic mass is 9.98. The number of nitrogens with one attached hydrogen (secondary N) is 1. The Morgan fingerprint density at radius 1 is 1.28 bits per heavy atom. The van der Waals surface area contributed by atoms with E-state index in [9.17, 15) is 10.3 Å². The van der Waals surface area contributed by atoms with Crippen LogP contribution in [0.2, 0.25) is 0 Å². The molecular formula is C17H19N5O3. The highest BCUT2D eigenvalue weighted by Crippen LogP contribution is 2.23. The van der Waals surface area contributed by atoms with Gasteiger partial charge in [0.2, 0.25) is 5.95 Å². The predicted octanol–water partition coefficient (Wildman–Crippen LogP) is 2.77. The summed E-state index contributed by atoms with van der Waals surface area (Å²) in [7, 11) is 0. The van der Waals surface area contributed by atoms with Gasteiger partial charge in [0.05, 0.1) is 6.26 Å². The van der Waals surface area contributed by atoms with E-state index in [0.717, 1.165) is 32.1 Å². The van der Waals surface area contributed by atoms with Crippen LogP contribution in [0.3, 0.4) is 0 Å². The van der Waals surface area contributed by atoms with Gasteiger partial charge in [0.25, 0.3) is 0 Å². The summed E-state index contributed by atoms with van der Waals surface area (Å²) in [4.78, 5) is 23.8. The fourth-order valence-electron chi connectivity index (χ4n) is 2.84. The number of carbonyl (C=O) groups excluding carboxylic acids is 1. The van der Waals surface area contributed by atoms with Crippen LogP contribution in [0.15, 0.2) is 41.3 Å². The van der Waals surface area contributed by atoms with Crippen molar-refractivity contribution in [1.82, 2.24) is 9.97 Å². The standard InChI is InChI=1S/C17H19N5O3/c18-22-15(16(23)25-12-6-2-1-3-7-12)14(13-8-4-11-24-13)21-17-19-9-5-10-20-17/h4-5,8-12,14H,1-3,6-7H2,(H,19,20,21). The van der Waals surface area contributed by atoms with Gasteiger partial charge < -0.3 is 20.0 Å². The van der Waals surface area contributed by atoms with Gasteiger partial charge in [-0.15, -0.1) is 0 Å². The molecule has 0 aliphatic heterocycles. The normalized spacial score (nSPS) is 15.8. The minimum Gasteiger partial charge on any atom is -0.466 e. The molecule has 1 fully saturated rings. The molecule has 25 heavy (non-hydrogen) atoms. The molecular weight excluding hydrogens is 322 g/mol. The van der Waals surface area contributed by atoms with Crippen molar-refractivity contribution in [1.29, 1.82) is 0 Å². The van der Waals surface area contributed by atoms with E-state index in [1.54, 1.807) is 30.6 Å². The van der Waals surface area contributed by atoms with Crippen molar-refractivity contribution in [2.45, 2.75) is 44.2 Å². The van der Waals surface area contributed by atoms with Gasteiger partial charge in [0, 0.05) is 12.4 Å². The third kappa shape index (κ3) is 4.30. The van der Waals surface area contributed by atoms with Crippen LogP contribution in [0.5, 0.6) is 0 Å². The van der Waals surface area contributed by atoms with Gasteiger partial charge in [0.15, 0.2) is 6.04 Å². The highest BCUT2D eigenvalue weighted by molar-refractivity contribution is 6.36. The van der Waals surface area contributed by atoms with Crippen molar-refractivity contribution in [3.63, 3.8) is 0 Å². The number of nitrogens with zero attached hydrogens (tertiary/aromatic N) is 4. The molecule has 0 amide bonds. The van der Waals surface area contributed by atoms with Crippen LogP contribution in [0, 0.1) is 0 Å². The molecule has 2 heterocycles. The van der Waals surface area contributed by atoms with Gasteiger partial charge >= 0.3 is 11.7 Å². The molecule has 3 rings (SSSR count). The number of aromatic nitrogens is 2. The lowest BCUT2D eigenvalue weighted by Gasteiger charge is -2.21. The maximum Gasteiger partial charge on any atom is 0.420 e. The molecule has 0 bridgehead atoms. The molecule has 0 aromatic carbocycles. The number of carbonyl (C=O) groups is 1. The Bertz CT molecular complexity index is 735. The molecule has 1 unspecified atom stereocenters. The van der Waals surface area contributed by atoms with Crippen LogP contribution in [-0.2, 0) is 9.53 Å². The highest BCUT2D eigenvalue weighted by Gasteiger charge is 2.38. The predicted molar refractivity (Wildman–Crippen MR) is 88.7 cm³/mol. The first-order valence-corrected chi connectivity index (χ1v) is 8.28.